The van der Waals surface area contributed by atoms with Crippen LogP contribution in [-0.2, 0) is 9.36 Å². The molecule has 2 N–H and O–H groups in total. The van der Waals surface area contributed by atoms with Gasteiger partial charge in [-0.15, -0.1) is 0 Å². The van der Waals surface area contributed by atoms with E-state index in [9.17, 15) is 31.3 Å². The van der Waals surface area contributed by atoms with E-state index in [-0.39, 0.29) is 5.75 Å². The minimum absolute atomic E-state index is 0.157. The number of aliphatic carboxylic acids is 1. The third-order valence-electron chi connectivity index (χ3n) is 4.07. The van der Waals surface area contributed by atoms with Crippen molar-refractivity contribution in [2.24, 2.45) is 0 Å². The van der Waals surface area contributed by atoms with Crippen LogP contribution in [0.15, 0.2) is 42.5 Å². The fourth-order valence-electron chi connectivity index (χ4n) is 2.55. The first-order chi connectivity index (χ1) is 14.5. The van der Waals surface area contributed by atoms with Gasteiger partial charge in [0.2, 0.25) is 34.8 Å². The zero-order chi connectivity index (χ0) is 22.9. The van der Waals surface area contributed by atoms with Crippen molar-refractivity contribution in [1.29, 1.82) is 0 Å². The molecular formula is C19H13F5NO5P. The van der Waals surface area contributed by atoms with Gasteiger partial charge in [0.05, 0.1) is 0 Å². The lowest BCUT2D eigenvalue weighted by atomic mass is 10.1. The normalized spacial score (nSPS) is 14.1. The van der Waals surface area contributed by atoms with E-state index in [0.29, 0.717) is 10.8 Å². The Balaban J connectivity index is 2.11. The Morgan fingerprint density at radius 2 is 1.45 bits per heavy atom. The number of carbonyl (C=O) groups is 1. The van der Waals surface area contributed by atoms with Crippen molar-refractivity contribution in [2.45, 2.75) is 13.0 Å². The van der Waals surface area contributed by atoms with Gasteiger partial charge in [0.25, 0.3) is 0 Å². The van der Waals surface area contributed by atoms with Crippen molar-refractivity contribution < 1.29 is 45.5 Å². The Labute approximate surface area is 171 Å². The predicted molar refractivity (Wildman–Crippen MR) is 99.3 cm³/mol. The molecule has 0 aliphatic rings. The first-order valence-electron chi connectivity index (χ1n) is 8.53. The quantitative estimate of drug-likeness (QED) is 0.219. The van der Waals surface area contributed by atoms with Crippen molar-refractivity contribution in [3.63, 3.8) is 0 Å². The average Bonchev–Trinajstić information content (AvgIpc) is 2.74. The molecule has 6 nitrogen and oxygen atoms in total. The first kappa shape index (κ1) is 22.5. The lowest BCUT2D eigenvalue weighted by Gasteiger charge is -2.23. The molecule has 0 fully saturated rings. The van der Waals surface area contributed by atoms with Gasteiger partial charge in [-0.25, -0.2) is 17.7 Å². The van der Waals surface area contributed by atoms with E-state index >= 15 is 0 Å². The second-order valence-corrected chi connectivity index (χ2v) is 7.86. The van der Waals surface area contributed by atoms with Crippen LogP contribution in [0.5, 0.6) is 11.5 Å². The summed E-state index contributed by atoms with van der Waals surface area (Å²) in [5.41, 5.74) is 0. The molecule has 0 radical (unpaired) electrons. The summed E-state index contributed by atoms with van der Waals surface area (Å²) in [7, 11) is -5.05. The van der Waals surface area contributed by atoms with Gasteiger partial charge in [-0.3, -0.25) is 4.79 Å². The average molecular weight is 461 g/mol. The number of hydrogen-bond acceptors (Lipinski definition) is 4. The maximum absolute atomic E-state index is 14.1. The van der Waals surface area contributed by atoms with Crippen molar-refractivity contribution in [3.05, 3.63) is 71.6 Å². The Hall–Kier alpha value is -3.17. The Morgan fingerprint density at radius 3 is 2.06 bits per heavy atom. The Kier molecular flexibility index (Phi) is 6.19. The van der Waals surface area contributed by atoms with Gasteiger partial charge in [-0.2, -0.15) is 13.9 Å². The maximum atomic E-state index is 14.1. The molecule has 0 bridgehead atoms. The molecule has 3 rings (SSSR count). The van der Waals surface area contributed by atoms with Gasteiger partial charge < -0.3 is 14.2 Å². The predicted octanol–water partition coefficient (Wildman–Crippen LogP) is 5.16. The van der Waals surface area contributed by atoms with Crippen LogP contribution in [0.4, 0.5) is 22.0 Å². The molecule has 0 aromatic heterocycles. The van der Waals surface area contributed by atoms with Gasteiger partial charge in [0.1, 0.15) is 11.8 Å². The Morgan fingerprint density at radius 1 is 0.903 bits per heavy atom. The molecule has 31 heavy (non-hydrogen) atoms. The highest BCUT2D eigenvalue weighted by Crippen LogP contribution is 2.48. The van der Waals surface area contributed by atoms with E-state index in [0.717, 1.165) is 6.92 Å². The summed E-state index contributed by atoms with van der Waals surface area (Å²) in [5.74, 6) is -15.5. The number of benzene rings is 3. The summed E-state index contributed by atoms with van der Waals surface area (Å²) in [6, 6.07) is 9.25. The summed E-state index contributed by atoms with van der Waals surface area (Å²) in [4.78, 5) is 11.2. The maximum Gasteiger partial charge on any atom is 0.513 e. The minimum Gasteiger partial charge on any atom is -0.480 e. The van der Waals surface area contributed by atoms with Gasteiger partial charge in [0, 0.05) is 5.39 Å². The molecular weight excluding hydrogens is 448 g/mol. The SMILES string of the molecule is CC(N[P@@](=O)(Oc1c(F)c(F)c(F)c(F)c1F)Oc1cccc2ccccc12)C(=O)O. The summed E-state index contributed by atoms with van der Waals surface area (Å²) in [5, 5.41) is 11.9. The van der Waals surface area contributed by atoms with Gasteiger partial charge in [0.15, 0.2) is 0 Å². The smallest absolute Gasteiger partial charge is 0.480 e. The first-order valence-corrected chi connectivity index (χ1v) is 10.1. The lowest BCUT2D eigenvalue weighted by molar-refractivity contribution is -0.138. The number of rotatable bonds is 7. The molecule has 1 unspecified atom stereocenters. The molecule has 3 aromatic carbocycles. The monoisotopic (exact) mass is 461 g/mol. The summed E-state index contributed by atoms with van der Waals surface area (Å²) in [6.45, 7) is 1.00. The molecule has 12 heteroatoms. The molecule has 0 spiro atoms. The minimum atomic E-state index is -5.05. The van der Waals surface area contributed by atoms with Crippen molar-refractivity contribution in [1.82, 2.24) is 5.09 Å². The number of carboxylic acid groups (broad SMARTS) is 1. The standard InChI is InChI=1S/C19H13F5NO5P/c1-9(19(26)27)25-31(28,29-12-8-4-6-10-5-2-3-7-11(10)12)30-18-16(23)14(21)13(20)15(22)17(18)24/h2-9H,1H3,(H,25,28)(H,26,27)/t9?,31-/m0/s1. The van der Waals surface area contributed by atoms with E-state index in [2.05, 4.69) is 4.52 Å². The van der Waals surface area contributed by atoms with E-state index in [1.165, 1.54) is 18.2 Å². The highest BCUT2D eigenvalue weighted by molar-refractivity contribution is 7.52. The van der Waals surface area contributed by atoms with Crippen LogP contribution in [0.25, 0.3) is 10.8 Å². The molecule has 0 saturated heterocycles. The molecule has 0 heterocycles. The van der Waals surface area contributed by atoms with Crippen LogP contribution in [0, 0.1) is 29.1 Å². The van der Waals surface area contributed by atoms with Gasteiger partial charge in [-0.1, -0.05) is 36.4 Å². The number of nitrogens with one attached hydrogen (secondary N) is 1. The van der Waals surface area contributed by atoms with Crippen LogP contribution in [0.1, 0.15) is 6.92 Å². The van der Waals surface area contributed by atoms with E-state index in [1.54, 1.807) is 24.3 Å². The fraction of sp³-hybridized carbons (Fsp3) is 0.105. The molecule has 0 saturated carbocycles. The van der Waals surface area contributed by atoms with E-state index in [1.807, 2.05) is 5.09 Å². The summed E-state index contributed by atoms with van der Waals surface area (Å²) < 4.78 is 91.5. The lowest BCUT2D eigenvalue weighted by Crippen LogP contribution is -2.34. The molecule has 3 aromatic rings. The third kappa shape index (κ3) is 4.47. The topological polar surface area (TPSA) is 84.9 Å². The second-order valence-electron chi connectivity index (χ2n) is 6.25. The van der Waals surface area contributed by atoms with Crippen molar-refractivity contribution in [2.75, 3.05) is 0 Å². The highest BCUT2D eigenvalue weighted by Gasteiger charge is 2.38. The zero-order valence-electron chi connectivity index (χ0n) is 15.5. The van der Waals surface area contributed by atoms with Crippen LogP contribution in [-0.4, -0.2) is 17.1 Å². The van der Waals surface area contributed by atoms with E-state index in [4.69, 9.17) is 9.63 Å². The van der Waals surface area contributed by atoms with Crippen molar-refractivity contribution in [3.8, 4) is 11.5 Å². The second kappa shape index (κ2) is 8.52. The van der Waals surface area contributed by atoms with Crippen LogP contribution < -0.4 is 14.1 Å². The fourth-order valence-corrected chi connectivity index (χ4v) is 4.10. The zero-order valence-corrected chi connectivity index (χ0v) is 16.4. The van der Waals surface area contributed by atoms with Crippen LogP contribution in [0.2, 0.25) is 0 Å². The summed E-state index contributed by atoms with van der Waals surface area (Å²) >= 11 is 0. The largest absolute Gasteiger partial charge is 0.513 e. The molecule has 0 aliphatic carbocycles. The number of carboxylic acids is 1. The van der Waals surface area contributed by atoms with Crippen LogP contribution in [0.3, 0.4) is 0 Å². The van der Waals surface area contributed by atoms with Crippen LogP contribution >= 0.6 is 7.75 Å². The number of hydrogen-bond donors (Lipinski definition) is 2. The number of halogens is 5. The third-order valence-corrected chi connectivity index (χ3v) is 5.63. The van der Waals surface area contributed by atoms with Crippen molar-refractivity contribution >= 4 is 24.5 Å². The number of fused-ring (bicyclic) bond motifs is 1. The molecule has 0 amide bonds. The van der Waals surface area contributed by atoms with Gasteiger partial charge >= 0.3 is 13.7 Å². The Bertz CT molecular complexity index is 1190. The van der Waals surface area contributed by atoms with E-state index < -0.39 is 54.6 Å². The summed E-state index contributed by atoms with van der Waals surface area (Å²) in [6.07, 6.45) is 0. The molecule has 164 valence electrons. The molecule has 0 aliphatic heterocycles. The molecule has 2 atom stereocenters. The highest BCUT2D eigenvalue weighted by atomic mass is 31.2. The van der Waals surface area contributed by atoms with Gasteiger partial charge in [-0.05, 0) is 18.4 Å².